The normalized spacial score (nSPS) is 18.4. The number of rotatable bonds is 1. The van der Waals surface area contributed by atoms with Gasteiger partial charge in [0.05, 0.1) is 12.4 Å². The second-order valence-electron chi connectivity index (χ2n) is 1.72. The van der Waals surface area contributed by atoms with Gasteiger partial charge in [-0.1, -0.05) is 12.2 Å². The first kappa shape index (κ1) is 5.83. The Bertz CT molecular complexity index is 126. The van der Waals surface area contributed by atoms with Gasteiger partial charge in [0, 0.05) is 12.1 Å². The summed E-state index contributed by atoms with van der Waals surface area (Å²) >= 11 is 5.52. The Balaban J connectivity index is 2.43. The van der Waals surface area contributed by atoms with Crippen LogP contribution in [0.4, 0.5) is 0 Å². The van der Waals surface area contributed by atoms with Crippen molar-refractivity contribution in [1.82, 2.24) is 0 Å². The fourth-order valence-corrected chi connectivity index (χ4v) is 0.831. The van der Waals surface area contributed by atoms with Crippen LogP contribution in [-0.4, -0.2) is 18.1 Å². The van der Waals surface area contributed by atoms with Crippen LogP contribution < -0.4 is 0 Å². The highest BCUT2D eigenvalue weighted by Crippen LogP contribution is 1.98. The second kappa shape index (κ2) is 2.88. The predicted molar refractivity (Wildman–Crippen MR) is 36.8 cm³/mol. The predicted octanol–water partition coefficient (Wildman–Crippen LogP) is 1.63. The van der Waals surface area contributed by atoms with Gasteiger partial charge >= 0.3 is 0 Å². The molecule has 1 nitrogen and oxygen atoms in total. The van der Waals surface area contributed by atoms with Crippen molar-refractivity contribution < 1.29 is 0 Å². The van der Waals surface area contributed by atoms with Gasteiger partial charge in [0.25, 0.3) is 0 Å². The van der Waals surface area contributed by atoms with E-state index in [0.717, 1.165) is 18.7 Å². The summed E-state index contributed by atoms with van der Waals surface area (Å²) < 4.78 is 0. The van der Waals surface area contributed by atoms with E-state index >= 15 is 0 Å². The molecule has 0 saturated carbocycles. The molecule has 1 heterocycles. The fraction of sp³-hybridized carbons (Fsp3) is 0.500. The van der Waals surface area contributed by atoms with E-state index in [2.05, 4.69) is 17.1 Å². The van der Waals surface area contributed by atoms with Crippen LogP contribution in [0.3, 0.4) is 0 Å². The minimum absolute atomic E-state index is 0.588. The number of nitrogens with zero attached hydrogens (tertiary/aromatic N) is 1. The number of dihydropyridines is 1. The minimum atomic E-state index is 0.588. The van der Waals surface area contributed by atoms with Crippen LogP contribution in [-0.2, 0) is 0 Å². The van der Waals surface area contributed by atoms with E-state index in [1.165, 1.54) is 0 Å². The van der Waals surface area contributed by atoms with Gasteiger partial charge in [-0.05, 0) is 0 Å². The molecule has 8 heavy (non-hydrogen) atoms. The minimum Gasteiger partial charge on any atom is -0.288 e. The summed E-state index contributed by atoms with van der Waals surface area (Å²) in [4.78, 5) is 4.15. The number of alkyl halides is 1. The zero-order valence-electron chi connectivity index (χ0n) is 4.60. The SMILES string of the molecule is ClCC1=NCC=CC1. The van der Waals surface area contributed by atoms with Gasteiger partial charge in [-0.2, -0.15) is 0 Å². The molecule has 0 aliphatic carbocycles. The first-order valence-electron chi connectivity index (χ1n) is 2.66. The van der Waals surface area contributed by atoms with Gasteiger partial charge in [0.15, 0.2) is 0 Å². The molecule has 0 unspecified atom stereocenters. The number of hydrogen-bond donors (Lipinski definition) is 0. The summed E-state index contributed by atoms with van der Waals surface area (Å²) in [6.07, 6.45) is 5.10. The lowest BCUT2D eigenvalue weighted by atomic mass is 10.2. The summed E-state index contributed by atoms with van der Waals surface area (Å²) in [5.41, 5.74) is 1.11. The van der Waals surface area contributed by atoms with E-state index in [9.17, 15) is 0 Å². The van der Waals surface area contributed by atoms with E-state index in [4.69, 9.17) is 11.6 Å². The lowest BCUT2D eigenvalue weighted by Gasteiger charge is -2.00. The topological polar surface area (TPSA) is 12.4 Å². The monoisotopic (exact) mass is 129 g/mol. The van der Waals surface area contributed by atoms with Gasteiger partial charge in [0.1, 0.15) is 0 Å². The van der Waals surface area contributed by atoms with E-state index in [0.29, 0.717) is 5.88 Å². The Kier molecular flexibility index (Phi) is 2.10. The maximum atomic E-state index is 5.52. The third-order valence-corrected chi connectivity index (χ3v) is 1.40. The second-order valence-corrected chi connectivity index (χ2v) is 1.98. The van der Waals surface area contributed by atoms with Crippen molar-refractivity contribution in [1.29, 1.82) is 0 Å². The quantitative estimate of drug-likeness (QED) is 0.377. The molecule has 1 aliphatic rings. The average molecular weight is 130 g/mol. The Labute approximate surface area is 54.1 Å². The molecule has 0 bridgehead atoms. The molecule has 44 valence electrons. The first-order chi connectivity index (χ1) is 3.93. The standard InChI is InChI=1S/C6H8ClN/c7-5-6-3-1-2-4-8-6/h1-2H,3-5H2. The number of halogens is 1. The first-order valence-corrected chi connectivity index (χ1v) is 3.20. The van der Waals surface area contributed by atoms with Crippen LogP contribution in [0.5, 0.6) is 0 Å². The van der Waals surface area contributed by atoms with Crippen molar-refractivity contribution in [3.05, 3.63) is 12.2 Å². The Morgan fingerprint density at radius 2 is 2.50 bits per heavy atom. The molecule has 1 aliphatic heterocycles. The Hall–Kier alpha value is -0.300. The summed E-state index contributed by atoms with van der Waals surface area (Å²) in [5, 5.41) is 0. The highest BCUT2D eigenvalue weighted by molar-refractivity contribution is 6.28. The third-order valence-electron chi connectivity index (χ3n) is 1.09. The molecule has 0 fully saturated rings. The molecule has 0 N–H and O–H groups in total. The highest BCUT2D eigenvalue weighted by Gasteiger charge is 1.95. The van der Waals surface area contributed by atoms with E-state index in [-0.39, 0.29) is 0 Å². The third kappa shape index (κ3) is 1.34. The lowest BCUT2D eigenvalue weighted by Crippen LogP contribution is -2.02. The van der Waals surface area contributed by atoms with Gasteiger partial charge in [-0.15, -0.1) is 11.6 Å². The van der Waals surface area contributed by atoms with Crippen LogP contribution in [0.25, 0.3) is 0 Å². The van der Waals surface area contributed by atoms with Gasteiger partial charge in [0.2, 0.25) is 0 Å². The molecule has 2 heteroatoms. The molecule has 1 rings (SSSR count). The number of hydrogen-bond acceptors (Lipinski definition) is 1. The zero-order valence-corrected chi connectivity index (χ0v) is 5.36. The lowest BCUT2D eigenvalue weighted by molar-refractivity contribution is 1.16. The van der Waals surface area contributed by atoms with E-state index < -0.39 is 0 Å². The van der Waals surface area contributed by atoms with Crippen LogP contribution in [0, 0.1) is 0 Å². The molecular weight excluding hydrogens is 122 g/mol. The molecule has 0 saturated heterocycles. The van der Waals surface area contributed by atoms with Crippen molar-refractivity contribution in [3.8, 4) is 0 Å². The van der Waals surface area contributed by atoms with Crippen LogP contribution in [0.2, 0.25) is 0 Å². The van der Waals surface area contributed by atoms with Crippen molar-refractivity contribution >= 4 is 17.3 Å². The van der Waals surface area contributed by atoms with Crippen molar-refractivity contribution in [2.75, 3.05) is 12.4 Å². The molecule has 0 spiro atoms. The molecule has 0 aromatic rings. The summed E-state index contributed by atoms with van der Waals surface area (Å²) in [6.45, 7) is 0.821. The van der Waals surface area contributed by atoms with Crippen molar-refractivity contribution in [2.24, 2.45) is 4.99 Å². The molecule has 0 radical (unpaired) electrons. The van der Waals surface area contributed by atoms with Crippen molar-refractivity contribution in [2.45, 2.75) is 6.42 Å². The van der Waals surface area contributed by atoms with Gasteiger partial charge in [-0.25, -0.2) is 0 Å². The molecule has 0 aromatic heterocycles. The zero-order chi connectivity index (χ0) is 5.82. The fourth-order valence-electron chi connectivity index (χ4n) is 0.637. The van der Waals surface area contributed by atoms with Crippen LogP contribution >= 0.6 is 11.6 Å². The van der Waals surface area contributed by atoms with E-state index in [1.54, 1.807) is 0 Å². The Morgan fingerprint density at radius 1 is 1.62 bits per heavy atom. The summed E-state index contributed by atoms with van der Waals surface area (Å²) in [7, 11) is 0. The molecule has 0 atom stereocenters. The van der Waals surface area contributed by atoms with Crippen LogP contribution in [0.1, 0.15) is 6.42 Å². The number of aliphatic imine (C=N–C) groups is 1. The smallest absolute Gasteiger partial charge is 0.0606 e. The number of allylic oxidation sites excluding steroid dienone is 1. The molecular formula is C6H8ClN. The maximum absolute atomic E-state index is 5.52. The maximum Gasteiger partial charge on any atom is 0.0606 e. The van der Waals surface area contributed by atoms with Crippen molar-refractivity contribution in [3.63, 3.8) is 0 Å². The van der Waals surface area contributed by atoms with Crippen LogP contribution in [0.15, 0.2) is 17.1 Å². The Morgan fingerprint density at radius 3 is 2.88 bits per heavy atom. The van der Waals surface area contributed by atoms with E-state index in [1.807, 2.05) is 0 Å². The van der Waals surface area contributed by atoms with Gasteiger partial charge < -0.3 is 0 Å². The van der Waals surface area contributed by atoms with Gasteiger partial charge in [-0.3, -0.25) is 4.99 Å². The molecule has 0 aromatic carbocycles. The summed E-state index contributed by atoms with van der Waals surface area (Å²) in [6, 6.07) is 0. The average Bonchev–Trinajstić information content (AvgIpc) is 1.90. The molecule has 0 amide bonds. The highest BCUT2D eigenvalue weighted by atomic mass is 35.5. The summed E-state index contributed by atoms with van der Waals surface area (Å²) in [5.74, 6) is 0.588. The largest absolute Gasteiger partial charge is 0.288 e.